The standard InChI is InChI=1S/C12H18BrN3O2/c1-18-8-7-15-5-6-16-10-4-2-3-9(13)11(10)12(14)17/h2-4,15-16H,5-8H2,1H3,(H2,14,17). The van der Waals surface area contributed by atoms with Crippen molar-refractivity contribution in [1.82, 2.24) is 5.32 Å². The average molecular weight is 316 g/mol. The molecular formula is C12H18BrN3O2. The third kappa shape index (κ3) is 4.64. The number of anilines is 1. The number of ether oxygens (including phenoxy) is 1. The molecule has 0 aliphatic heterocycles. The molecule has 0 unspecified atom stereocenters. The minimum absolute atomic E-state index is 0.447. The number of amides is 1. The second kappa shape index (κ2) is 8.07. The van der Waals surface area contributed by atoms with Crippen molar-refractivity contribution in [2.45, 2.75) is 0 Å². The molecule has 6 heteroatoms. The first-order valence-corrected chi connectivity index (χ1v) is 6.48. The van der Waals surface area contributed by atoms with Gasteiger partial charge >= 0.3 is 0 Å². The number of rotatable bonds is 8. The Hall–Kier alpha value is -1.11. The number of hydrogen-bond acceptors (Lipinski definition) is 4. The summed E-state index contributed by atoms with van der Waals surface area (Å²) in [5.74, 6) is -0.447. The second-order valence-electron chi connectivity index (χ2n) is 3.70. The highest BCUT2D eigenvalue weighted by Crippen LogP contribution is 2.23. The third-order valence-corrected chi connectivity index (χ3v) is 3.02. The van der Waals surface area contributed by atoms with E-state index in [-0.39, 0.29) is 0 Å². The lowest BCUT2D eigenvalue weighted by molar-refractivity contribution is 0.100. The van der Waals surface area contributed by atoms with Crippen LogP contribution in [-0.4, -0.2) is 39.3 Å². The fourth-order valence-corrected chi connectivity index (χ4v) is 2.07. The first-order valence-electron chi connectivity index (χ1n) is 5.68. The minimum Gasteiger partial charge on any atom is -0.383 e. The number of nitrogens with one attached hydrogen (secondary N) is 2. The summed E-state index contributed by atoms with van der Waals surface area (Å²) in [6.45, 7) is 2.98. The van der Waals surface area contributed by atoms with E-state index in [0.717, 1.165) is 18.8 Å². The highest BCUT2D eigenvalue weighted by atomic mass is 79.9. The fraction of sp³-hybridized carbons (Fsp3) is 0.417. The molecular weight excluding hydrogens is 298 g/mol. The van der Waals surface area contributed by atoms with Crippen LogP contribution < -0.4 is 16.4 Å². The van der Waals surface area contributed by atoms with Crippen molar-refractivity contribution in [3.05, 3.63) is 28.2 Å². The molecule has 5 nitrogen and oxygen atoms in total. The maximum atomic E-state index is 11.3. The van der Waals surface area contributed by atoms with Crippen molar-refractivity contribution in [3.63, 3.8) is 0 Å². The van der Waals surface area contributed by atoms with E-state index in [1.54, 1.807) is 13.2 Å². The van der Waals surface area contributed by atoms with Crippen LogP contribution in [0.4, 0.5) is 5.69 Å². The van der Waals surface area contributed by atoms with Gasteiger partial charge in [-0.1, -0.05) is 6.07 Å². The van der Waals surface area contributed by atoms with Crippen LogP contribution in [0.25, 0.3) is 0 Å². The van der Waals surface area contributed by atoms with Gasteiger partial charge in [-0.15, -0.1) is 0 Å². The summed E-state index contributed by atoms with van der Waals surface area (Å²) >= 11 is 3.32. The van der Waals surface area contributed by atoms with Crippen molar-refractivity contribution in [3.8, 4) is 0 Å². The van der Waals surface area contributed by atoms with Crippen LogP contribution in [0, 0.1) is 0 Å². The Morgan fingerprint density at radius 1 is 1.39 bits per heavy atom. The summed E-state index contributed by atoms with van der Waals surface area (Å²) in [4.78, 5) is 11.3. The fourth-order valence-electron chi connectivity index (χ4n) is 1.51. The largest absolute Gasteiger partial charge is 0.383 e. The molecule has 0 saturated heterocycles. The molecule has 0 aromatic heterocycles. The molecule has 100 valence electrons. The zero-order valence-electron chi connectivity index (χ0n) is 10.3. The highest BCUT2D eigenvalue weighted by molar-refractivity contribution is 9.10. The highest BCUT2D eigenvalue weighted by Gasteiger charge is 2.11. The molecule has 1 rings (SSSR count). The molecule has 0 saturated carbocycles. The third-order valence-electron chi connectivity index (χ3n) is 2.36. The topological polar surface area (TPSA) is 76.4 Å². The van der Waals surface area contributed by atoms with Crippen LogP contribution in [0.3, 0.4) is 0 Å². The van der Waals surface area contributed by atoms with Gasteiger partial charge in [0.05, 0.1) is 12.2 Å². The Bertz CT molecular complexity index is 399. The van der Waals surface area contributed by atoms with Crippen LogP contribution in [0.1, 0.15) is 10.4 Å². The SMILES string of the molecule is COCCNCCNc1cccc(Br)c1C(N)=O. The van der Waals surface area contributed by atoms with E-state index in [4.69, 9.17) is 10.5 Å². The molecule has 0 fully saturated rings. The number of carbonyl (C=O) groups excluding carboxylic acids is 1. The van der Waals surface area contributed by atoms with Gasteiger partial charge in [0.15, 0.2) is 0 Å². The normalized spacial score (nSPS) is 10.3. The van der Waals surface area contributed by atoms with E-state index < -0.39 is 5.91 Å². The summed E-state index contributed by atoms with van der Waals surface area (Å²) in [5.41, 5.74) is 6.57. The van der Waals surface area contributed by atoms with Gasteiger partial charge < -0.3 is 21.1 Å². The Morgan fingerprint density at radius 2 is 2.17 bits per heavy atom. The first kappa shape index (κ1) is 14.9. The Kier molecular flexibility index (Phi) is 6.70. The molecule has 0 aliphatic carbocycles. The minimum atomic E-state index is -0.447. The maximum absolute atomic E-state index is 11.3. The van der Waals surface area contributed by atoms with Gasteiger partial charge in [0.1, 0.15) is 0 Å². The molecule has 18 heavy (non-hydrogen) atoms. The van der Waals surface area contributed by atoms with Crippen LogP contribution in [0.2, 0.25) is 0 Å². The van der Waals surface area contributed by atoms with E-state index in [1.165, 1.54) is 0 Å². The van der Waals surface area contributed by atoms with Crippen LogP contribution in [0.15, 0.2) is 22.7 Å². The first-order chi connectivity index (χ1) is 8.66. The van der Waals surface area contributed by atoms with Gasteiger partial charge in [-0.05, 0) is 28.1 Å². The average Bonchev–Trinajstić information content (AvgIpc) is 2.33. The van der Waals surface area contributed by atoms with E-state index in [2.05, 4.69) is 26.6 Å². The molecule has 0 heterocycles. The molecule has 0 radical (unpaired) electrons. The van der Waals surface area contributed by atoms with E-state index in [9.17, 15) is 4.79 Å². The zero-order valence-corrected chi connectivity index (χ0v) is 11.9. The Labute approximate surface area is 115 Å². The van der Waals surface area contributed by atoms with Gasteiger partial charge in [0.25, 0.3) is 5.91 Å². The number of benzene rings is 1. The van der Waals surface area contributed by atoms with Crippen molar-refractivity contribution in [1.29, 1.82) is 0 Å². The Balaban J connectivity index is 2.47. The van der Waals surface area contributed by atoms with E-state index in [1.807, 2.05) is 12.1 Å². The van der Waals surface area contributed by atoms with E-state index >= 15 is 0 Å². The lowest BCUT2D eigenvalue weighted by Gasteiger charge is -2.11. The molecule has 4 N–H and O–H groups in total. The maximum Gasteiger partial charge on any atom is 0.251 e. The molecule has 0 atom stereocenters. The monoisotopic (exact) mass is 315 g/mol. The number of carbonyl (C=O) groups is 1. The molecule has 0 aliphatic rings. The number of primary amides is 1. The van der Waals surface area contributed by atoms with Crippen molar-refractivity contribution in [2.75, 3.05) is 38.7 Å². The lowest BCUT2D eigenvalue weighted by atomic mass is 10.1. The molecule has 0 bridgehead atoms. The van der Waals surface area contributed by atoms with E-state index in [0.29, 0.717) is 23.2 Å². The predicted molar refractivity (Wildman–Crippen MR) is 75.9 cm³/mol. The van der Waals surface area contributed by atoms with Gasteiger partial charge in [0.2, 0.25) is 0 Å². The molecule has 1 aromatic rings. The van der Waals surface area contributed by atoms with Gasteiger partial charge in [-0.2, -0.15) is 0 Å². The molecule has 1 amide bonds. The quantitative estimate of drug-likeness (QED) is 0.630. The lowest BCUT2D eigenvalue weighted by Crippen LogP contribution is -2.26. The summed E-state index contributed by atoms with van der Waals surface area (Å²) in [7, 11) is 1.67. The number of hydrogen-bond donors (Lipinski definition) is 3. The smallest absolute Gasteiger partial charge is 0.251 e. The molecule has 0 spiro atoms. The van der Waals surface area contributed by atoms with Gasteiger partial charge in [-0.3, -0.25) is 4.79 Å². The van der Waals surface area contributed by atoms with Crippen molar-refractivity contribution >= 4 is 27.5 Å². The Morgan fingerprint density at radius 3 is 2.83 bits per heavy atom. The van der Waals surface area contributed by atoms with Crippen LogP contribution in [-0.2, 0) is 4.74 Å². The van der Waals surface area contributed by atoms with Crippen LogP contribution >= 0.6 is 15.9 Å². The second-order valence-corrected chi connectivity index (χ2v) is 4.55. The zero-order chi connectivity index (χ0) is 13.4. The van der Waals surface area contributed by atoms with Crippen molar-refractivity contribution < 1.29 is 9.53 Å². The number of nitrogens with two attached hydrogens (primary N) is 1. The van der Waals surface area contributed by atoms with Crippen molar-refractivity contribution in [2.24, 2.45) is 5.73 Å². The summed E-state index contributed by atoms with van der Waals surface area (Å²) in [6.07, 6.45) is 0. The summed E-state index contributed by atoms with van der Waals surface area (Å²) in [6, 6.07) is 5.49. The van der Waals surface area contributed by atoms with Crippen LogP contribution in [0.5, 0.6) is 0 Å². The van der Waals surface area contributed by atoms with Gasteiger partial charge in [0, 0.05) is 36.9 Å². The van der Waals surface area contributed by atoms with Gasteiger partial charge in [-0.25, -0.2) is 0 Å². The summed E-state index contributed by atoms with van der Waals surface area (Å²) in [5, 5.41) is 6.38. The molecule has 1 aromatic carbocycles. The predicted octanol–water partition coefficient (Wildman–Crippen LogP) is 1.20. The number of halogens is 1. The summed E-state index contributed by atoms with van der Waals surface area (Å²) < 4.78 is 5.62. The number of methoxy groups -OCH3 is 1.